The van der Waals surface area contributed by atoms with Crippen LogP contribution in [0.15, 0.2) is 55.0 Å². The summed E-state index contributed by atoms with van der Waals surface area (Å²) in [5.41, 5.74) is 8.92. The number of carbonyl (C=O) groups excluding carboxylic acids is 1. The Bertz CT molecular complexity index is 1720. The number of anilines is 2. The summed E-state index contributed by atoms with van der Waals surface area (Å²) in [7, 11) is 1.71. The Morgan fingerprint density at radius 2 is 2.03 bits per heavy atom. The number of hydrogen-bond donors (Lipinski definition) is 1. The molecule has 12 heteroatoms. The van der Waals surface area contributed by atoms with Crippen LogP contribution in [0.4, 0.5) is 24.7 Å². The summed E-state index contributed by atoms with van der Waals surface area (Å²) in [5, 5.41) is 4.93. The lowest BCUT2D eigenvalue weighted by Crippen LogP contribution is -2.30. The van der Waals surface area contributed by atoms with Gasteiger partial charge in [0.1, 0.15) is 17.2 Å². The van der Waals surface area contributed by atoms with Gasteiger partial charge in [-0.3, -0.25) is 18.8 Å². The molecule has 0 saturated carbocycles. The molecule has 0 radical (unpaired) electrons. The molecule has 1 amide bonds. The number of carbonyl (C=O) groups is 1. The van der Waals surface area contributed by atoms with Crippen molar-refractivity contribution in [2.75, 3.05) is 10.6 Å². The molecule has 1 aromatic carbocycles. The van der Waals surface area contributed by atoms with Gasteiger partial charge in [0.25, 0.3) is 5.91 Å². The van der Waals surface area contributed by atoms with Gasteiger partial charge >= 0.3 is 6.18 Å². The van der Waals surface area contributed by atoms with Crippen LogP contribution in [0.2, 0.25) is 0 Å². The van der Waals surface area contributed by atoms with Crippen molar-refractivity contribution in [2.24, 2.45) is 7.05 Å². The number of aryl methyl sites for hydroxylation is 1. The molecular weight excluding hydrogens is 499 g/mol. The predicted octanol–water partition coefficient (Wildman–Crippen LogP) is 4.66. The van der Waals surface area contributed by atoms with E-state index in [0.29, 0.717) is 29.2 Å². The monoisotopic (exact) mass is 521 g/mol. The molecule has 0 saturated heterocycles. The molecule has 5 heterocycles. The minimum atomic E-state index is -4.56. The Hall–Kier alpha value is -4.45. The van der Waals surface area contributed by atoms with Gasteiger partial charge < -0.3 is 10.5 Å². The van der Waals surface area contributed by atoms with E-state index in [4.69, 9.17) is 10.5 Å². The molecule has 38 heavy (non-hydrogen) atoms. The second-order valence-electron chi connectivity index (χ2n) is 9.21. The highest BCUT2D eigenvalue weighted by Crippen LogP contribution is 2.38. The van der Waals surface area contributed by atoms with Crippen LogP contribution < -0.4 is 10.6 Å². The Balaban J connectivity index is 1.42. The molecule has 9 nitrogen and oxygen atoms in total. The molecule has 0 bridgehead atoms. The summed E-state index contributed by atoms with van der Waals surface area (Å²) in [6.07, 6.45) is -0.283. The summed E-state index contributed by atoms with van der Waals surface area (Å²) in [6.45, 7) is 2.18. The maximum Gasteiger partial charge on any atom is 0.431 e. The molecule has 2 N–H and O–H groups in total. The molecule has 0 unspecified atom stereocenters. The molecule has 1 aliphatic rings. The maximum absolute atomic E-state index is 13.9. The van der Waals surface area contributed by atoms with Crippen LogP contribution in [-0.4, -0.2) is 30.1 Å². The highest BCUT2D eigenvalue weighted by Gasteiger charge is 2.34. The first kappa shape index (κ1) is 23.9. The van der Waals surface area contributed by atoms with E-state index in [1.165, 1.54) is 29.4 Å². The van der Waals surface area contributed by atoms with Gasteiger partial charge in [0.15, 0.2) is 0 Å². The maximum atomic E-state index is 13.9. The predicted molar refractivity (Wildman–Crippen MR) is 133 cm³/mol. The number of benzene rings is 1. The topological polar surface area (TPSA) is 104 Å². The fraction of sp³-hybridized carbons (Fsp3) is 0.231. The van der Waals surface area contributed by atoms with Crippen molar-refractivity contribution in [3.63, 3.8) is 0 Å². The lowest BCUT2D eigenvalue weighted by atomic mass is 10.00. The fourth-order valence-corrected chi connectivity index (χ4v) is 4.91. The van der Waals surface area contributed by atoms with Crippen LogP contribution >= 0.6 is 0 Å². The second kappa shape index (κ2) is 8.55. The lowest BCUT2D eigenvalue weighted by molar-refractivity contribution is -0.142. The molecule has 0 fully saturated rings. The normalized spacial score (nSPS) is 15.3. The number of nitrogens with two attached hydrogens (primary N) is 1. The van der Waals surface area contributed by atoms with Crippen LogP contribution in [0, 0.1) is 0 Å². The number of rotatable bonds is 4. The minimum Gasteiger partial charge on any atom is -0.383 e. The van der Waals surface area contributed by atoms with Crippen molar-refractivity contribution in [1.82, 2.24) is 24.1 Å². The summed E-state index contributed by atoms with van der Waals surface area (Å²) < 4.78 is 48.9. The summed E-state index contributed by atoms with van der Waals surface area (Å²) >= 11 is 0. The Morgan fingerprint density at radius 1 is 1.21 bits per heavy atom. The third kappa shape index (κ3) is 3.93. The smallest absolute Gasteiger partial charge is 0.383 e. The van der Waals surface area contributed by atoms with Gasteiger partial charge in [0.05, 0.1) is 42.4 Å². The van der Waals surface area contributed by atoms with E-state index in [1.807, 2.05) is 6.92 Å². The third-order valence-corrected chi connectivity index (χ3v) is 6.70. The third-order valence-electron chi connectivity index (χ3n) is 6.70. The van der Waals surface area contributed by atoms with Gasteiger partial charge in [0, 0.05) is 36.0 Å². The molecule has 4 aromatic heterocycles. The highest BCUT2D eigenvalue weighted by molar-refractivity contribution is 6.08. The Morgan fingerprint density at radius 3 is 2.76 bits per heavy atom. The highest BCUT2D eigenvalue weighted by atomic mass is 19.4. The summed E-state index contributed by atoms with van der Waals surface area (Å²) in [5.74, 6) is 0.0316. The number of ether oxygens (including phenoxy) is 1. The van der Waals surface area contributed by atoms with E-state index in [1.54, 1.807) is 36.1 Å². The summed E-state index contributed by atoms with van der Waals surface area (Å²) in [4.78, 5) is 24.1. The van der Waals surface area contributed by atoms with Crippen molar-refractivity contribution >= 4 is 34.0 Å². The summed E-state index contributed by atoms with van der Waals surface area (Å²) in [6, 6.07) is 8.90. The van der Waals surface area contributed by atoms with Crippen molar-refractivity contribution < 1.29 is 22.7 Å². The Kier molecular flexibility index (Phi) is 5.38. The average molecular weight is 522 g/mol. The van der Waals surface area contributed by atoms with Crippen molar-refractivity contribution in [3.8, 4) is 0 Å². The molecular formula is C26H22F3N7O2. The van der Waals surface area contributed by atoms with Gasteiger partial charge in [-0.25, -0.2) is 9.97 Å². The first-order valence-electron chi connectivity index (χ1n) is 11.8. The van der Waals surface area contributed by atoms with Crippen molar-refractivity contribution in [3.05, 3.63) is 83.1 Å². The van der Waals surface area contributed by atoms with E-state index >= 15 is 0 Å². The SMILES string of the molecule is C[C@@H]1OCc2c1c(N)nc1ccc(C(=O)N(Cc3cn4c(C(F)(F)F)cccc4n3)c3cnn(C)c3)cc21. The van der Waals surface area contributed by atoms with E-state index in [9.17, 15) is 18.0 Å². The molecule has 1 atom stereocenters. The number of amides is 1. The lowest BCUT2D eigenvalue weighted by Gasteiger charge is -2.20. The number of halogens is 3. The molecule has 6 rings (SSSR count). The van der Waals surface area contributed by atoms with E-state index < -0.39 is 11.9 Å². The quantitative estimate of drug-likeness (QED) is 0.369. The van der Waals surface area contributed by atoms with Crippen LogP contribution in [0.3, 0.4) is 0 Å². The van der Waals surface area contributed by atoms with E-state index in [2.05, 4.69) is 15.1 Å². The molecule has 0 spiro atoms. The van der Waals surface area contributed by atoms with E-state index in [-0.39, 0.29) is 29.9 Å². The van der Waals surface area contributed by atoms with Crippen LogP contribution in [-0.2, 0) is 31.1 Å². The second-order valence-corrected chi connectivity index (χ2v) is 9.21. The number of nitrogen functional groups attached to an aromatic ring is 1. The van der Waals surface area contributed by atoms with Gasteiger partial charge in [-0.05, 0) is 42.8 Å². The molecule has 0 aliphatic carbocycles. The van der Waals surface area contributed by atoms with Gasteiger partial charge in [-0.15, -0.1) is 0 Å². The number of hydrogen-bond acceptors (Lipinski definition) is 6. The largest absolute Gasteiger partial charge is 0.431 e. The van der Waals surface area contributed by atoms with Crippen LogP contribution in [0.1, 0.15) is 45.9 Å². The van der Waals surface area contributed by atoms with Gasteiger partial charge in [-0.1, -0.05) is 6.07 Å². The molecule has 5 aromatic rings. The first-order valence-corrected chi connectivity index (χ1v) is 11.8. The zero-order valence-corrected chi connectivity index (χ0v) is 20.4. The Labute approximate surface area is 214 Å². The van der Waals surface area contributed by atoms with Crippen LogP contribution in [0.5, 0.6) is 0 Å². The van der Waals surface area contributed by atoms with Crippen molar-refractivity contribution in [1.29, 1.82) is 0 Å². The number of aromatic nitrogens is 5. The van der Waals surface area contributed by atoms with Crippen molar-refractivity contribution in [2.45, 2.75) is 32.4 Å². The molecule has 1 aliphatic heterocycles. The standard InChI is InChI=1S/C26H22F3N7O2/c1-14-23-19(13-38-14)18-8-15(6-7-20(18)33-24(23)30)25(37)35(17-9-31-34(2)12-17)10-16-11-36-21(26(27,28)29)4-3-5-22(36)32-16/h3-9,11-12,14H,10,13H2,1-2H3,(H2,30,33)/t14-/m0/s1. The number of fused-ring (bicyclic) bond motifs is 4. The van der Waals surface area contributed by atoms with Gasteiger partial charge in [-0.2, -0.15) is 18.3 Å². The van der Waals surface area contributed by atoms with Crippen LogP contribution in [0.25, 0.3) is 16.6 Å². The zero-order valence-electron chi connectivity index (χ0n) is 20.4. The number of pyridine rings is 2. The fourth-order valence-electron chi connectivity index (χ4n) is 4.91. The number of alkyl halides is 3. The van der Waals surface area contributed by atoms with Gasteiger partial charge in [0.2, 0.25) is 0 Å². The number of imidazole rings is 1. The average Bonchev–Trinajstić information content (AvgIpc) is 3.59. The minimum absolute atomic E-state index is 0.0697. The molecule has 194 valence electrons. The first-order chi connectivity index (χ1) is 18.1. The zero-order chi connectivity index (χ0) is 26.8. The number of nitrogens with zero attached hydrogens (tertiary/aromatic N) is 6. The van der Waals surface area contributed by atoms with E-state index in [0.717, 1.165) is 27.0 Å².